The van der Waals surface area contributed by atoms with Crippen molar-refractivity contribution in [2.75, 3.05) is 13.1 Å². The van der Waals surface area contributed by atoms with E-state index in [-0.39, 0.29) is 6.04 Å². The second kappa shape index (κ2) is 6.35. The SMILES string of the molecule is CCc1ccc(C2C(N)CCCCN2CC)cc1. The Balaban J connectivity index is 2.24. The molecule has 0 aromatic heterocycles. The van der Waals surface area contributed by atoms with Gasteiger partial charge in [-0.25, -0.2) is 0 Å². The Morgan fingerprint density at radius 2 is 1.89 bits per heavy atom. The van der Waals surface area contributed by atoms with Crippen molar-refractivity contribution in [3.8, 4) is 0 Å². The zero-order valence-corrected chi connectivity index (χ0v) is 11.7. The van der Waals surface area contributed by atoms with E-state index < -0.39 is 0 Å². The molecule has 0 radical (unpaired) electrons. The number of rotatable bonds is 3. The van der Waals surface area contributed by atoms with E-state index >= 15 is 0 Å². The average Bonchev–Trinajstić information content (AvgIpc) is 2.60. The highest BCUT2D eigenvalue weighted by atomic mass is 15.2. The molecule has 2 N–H and O–H groups in total. The van der Waals surface area contributed by atoms with Gasteiger partial charge in [0.15, 0.2) is 0 Å². The Morgan fingerprint density at radius 3 is 2.50 bits per heavy atom. The van der Waals surface area contributed by atoms with Gasteiger partial charge in [0.2, 0.25) is 0 Å². The van der Waals surface area contributed by atoms with Crippen LogP contribution in [0, 0.1) is 0 Å². The van der Waals surface area contributed by atoms with Crippen LogP contribution in [0.1, 0.15) is 50.3 Å². The Hall–Kier alpha value is -0.860. The number of aryl methyl sites for hydroxylation is 1. The molecule has 1 aromatic rings. The van der Waals surface area contributed by atoms with Gasteiger partial charge >= 0.3 is 0 Å². The van der Waals surface area contributed by atoms with Crippen LogP contribution in [0.25, 0.3) is 0 Å². The summed E-state index contributed by atoms with van der Waals surface area (Å²) >= 11 is 0. The monoisotopic (exact) mass is 246 g/mol. The Morgan fingerprint density at radius 1 is 1.17 bits per heavy atom. The minimum Gasteiger partial charge on any atom is -0.326 e. The normalized spacial score (nSPS) is 25.9. The zero-order chi connectivity index (χ0) is 13.0. The fraction of sp³-hybridized carbons (Fsp3) is 0.625. The molecular formula is C16H26N2. The Kier molecular flexibility index (Phi) is 4.79. The third-order valence-electron chi connectivity index (χ3n) is 4.17. The van der Waals surface area contributed by atoms with Crippen molar-refractivity contribution < 1.29 is 0 Å². The third-order valence-corrected chi connectivity index (χ3v) is 4.17. The highest BCUT2D eigenvalue weighted by Crippen LogP contribution is 2.29. The number of likely N-dealkylation sites (N-methyl/N-ethyl adjacent to an activating group) is 1. The van der Waals surface area contributed by atoms with Gasteiger partial charge in [-0.2, -0.15) is 0 Å². The summed E-state index contributed by atoms with van der Waals surface area (Å²) < 4.78 is 0. The highest BCUT2D eigenvalue weighted by molar-refractivity contribution is 5.26. The predicted octanol–water partition coefficient (Wildman–Crippen LogP) is 3.12. The second-order valence-electron chi connectivity index (χ2n) is 5.33. The standard InChI is InChI=1S/C16H26N2/c1-3-13-8-10-14(11-9-13)16-15(17)7-5-6-12-18(16)4-2/h8-11,15-16H,3-7,12,17H2,1-2H3. The zero-order valence-electron chi connectivity index (χ0n) is 11.7. The molecule has 0 bridgehead atoms. The van der Waals surface area contributed by atoms with Gasteiger partial charge in [0.25, 0.3) is 0 Å². The average molecular weight is 246 g/mol. The molecule has 0 aliphatic carbocycles. The smallest absolute Gasteiger partial charge is 0.0499 e. The summed E-state index contributed by atoms with van der Waals surface area (Å²) in [4.78, 5) is 2.54. The van der Waals surface area contributed by atoms with Gasteiger partial charge in [0.1, 0.15) is 0 Å². The van der Waals surface area contributed by atoms with Crippen molar-refractivity contribution in [1.29, 1.82) is 0 Å². The first-order valence-electron chi connectivity index (χ1n) is 7.34. The van der Waals surface area contributed by atoms with Crippen LogP contribution in [0.15, 0.2) is 24.3 Å². The van der Waals surface area contributed by atoms with E-state index in [1.165, 1.54) is 30.5 Å². The van der Waals surface area contributed by atoms with E-state index in [2.05, 4.69) is 43.0 Å². The van der Waals surface area contributed by atoms with Gasteiger partial charge in [-0.05, 0) is 43.5 Å². The van der Waals surface area contributed by atoms with Crippen molar-refractivity contribution in [3.05, 3.63) is 35.4 Å². The van der Waals surface area contributed by atoms with Crippen molar-refractivity contribution in [1.82, 2.24) is 4.90 Å². The van der Waals surface area contributed by atoms with Gasteiger partial charge in [-0.3, -0.25) is 4.90 Å². The molecule has 1 aromatic carbocycles. The van der Waals surface area contributed by atoms with Crippen LogP contribution in [-0.4, -0.2) is 24.0 Å². The van der Waals surface area contributed by atoms with Gasteiger partial charge in [-0.15, -0.1) is 0 Å². The molecule has 2 atom stereocenters. The predicted molar refractivity (Wildman–Crippen MR) is 77.6 cm³/mol. The molecule has 2 heteroatoms. The number of likely N-dealkylation sites (tertiary alicyclic amines) is 1. The number of hydrogen-bond acceptors (Lipinski definition) is 2. The van der Waals surface area contributed by atoms with E-state index in [1.54, 1.807) is 0 Å². The van der Waals surface area contributed by atoms with Gasteiger partial charge in [0.05, 0.1) is 0 Å². The van der Waals surface area contributed by atoms with Gasteiger partial charge < -0.3 is 5.73 Å². The van der Waals surface area contributed by atoms with Gasteiger partial charge in [-0.1, -0.05) is 44.5 Å². The molecule has 1 aliphatic rings. The van der Waals surface area contributed by atoms with Crippen LogP contribution >= 0.6 is 0 Å². The molecule has 0 amide bonds. The number of benzene rings is 1. The first kappa shape index (κ1) is 13.6. The highest BCUT2D eigenvalue weighted by Gasteiger charge is 2.27. The Bertz CT molecular complexity index is 358. The molecule has 18 heavy (non-hydrogen) atoms. The number of nitrogens with zero attached hydrogens (tertiary/aromatic N) is 1. The molecule has 2 nitrogen and oxygen atoms in total. The van der Waals surface area contributed by atoms with Crippen molar-refractivity contribution in [2.45, 2.75) is 51.6 Å². The summed E-state index contributed by atoms with van der Waals surface area (Å²) in [6.45, 7) is 6.72. The van der Waals surface area contributed by atoms with Crippen LogP contribution in [0.4, 0.5) is 0 Å². The summed E-state index contributed by atoms with van der Waals surface area (Å²) in [6.07, 6.45) is 4.80. The maximum atomic E-state index is 6.41. The molecule has 100 valence electrons. The number of nitrogens with two attached hydrogens (primary N) is 1. The summed E-state index contributed by atoms with van der Waals surface area (Å²) in [5, 5.41) is 0. The summed E-state index contributed by atoms with van der Waals surface area (Å²) in [5.41, 5.74) is 9.20. The fourth-order valence-electron chi connectivity index (χ4n) is 3.03. The van der Waals surface area contributed by atoms with E-state index in [9.17, 15) is 0 Å². The first-order chi connectivity index (χ1) is 8.76. The van der Waals surface area contributed by atoms with Crippen molar-refractivity contribution >= 4 is 0 Å². The van der Waals surface area contributed by atoms with E-state index in [0.717, 1.165) is 19.4 Å². The maximum absolute atomic E-state index is 6.41. The fourth-order valence-corrected chi connectivity index (χ4v) is 3.03. The number of hydrogen-bond donors (Lipinski definition) is 1. The molecule has 1 aliphatic heterocycles. The van der Waals surface area contributed by atoms with E-state index in [4.69, 9.17) is 5.73 Å². The lowest BCUT2D eigenvalue weighted by molar-refractivity contribution is 0.195. The summed E-state index contributed by atoms with van der Waals surface area (Å²) in [6, 6.07) is 9.74. The molecule has 2 unspecified atom stereocenters. The first-order valence-corrected chi connectivity index (χ1v) is 7.34. The van der Waals surface area contributed by atoms with E-state index in [0.29, 0.717) is 6.04 Å². The van der Waals surface area contributed by atoms with Crippen LogP contribution in [-0.2, 0) is 6.42 Å². The molecule has 1 fully saturated rings. The lowest BCUT2D eigenvalue weighted by Gasteiger charge is -2.33. The lowest BCUT2D eigenvalue weighted by Crippen LogP contribution is -2.39. The minimum atomic E-state index is 0.278. The minimum absolute atomic E-state index is 0.278. The topological polar surface area (TPSA) is 29.3 Å². The maximum Gasteiger partial charge on any atom is 0.0499 e. The third kappa shape index (κ3) is 2.93. The molecule has 2 rings (SSSR count). The lowest BCUT2D eigenvalue weighted by atomic mass is 9.95. The van der Waals surface area contributed by atoms with Crippen LogP contribution < -0.4 is 5.73 Å². The molecular weight excluding hydrogens is 220 g/mol. The van der Waals surface area contributed by atoms with Crippen LogP contribution in [0.3, 0.4) is 0 Å². The van der Waals surface area contributed by atoms with Crippen molar-refractivity contribution in [2.24, 2.45) is 5.73 Å². The molecule has 0 spiro atoms. The Labute approximate surface area is 111 Å². The van der Waals surface area contributed by atoms with Crippen molar-refractivity contribution in [3.63, 3.8) is 0 Å². The van der Waals surface area contributed by atoms with Crippen LogP contribution in [0.5, 0.6) is 0 Å². The quantitative estimate of drug-likeness (QED) is 0.888. The molecule has 1 heterocycles. The second-order valence-corrected chi connectivity index (χ2v) is 5.33. The van der Waals surface area contributed by atoms with E-state index in [1.807, 2.05) is 0 Å². The van der Waals surface area contributed by atoms with Crippen LogP contribution in [0.2, 0.25) is 0 Å². The summed E-state index contributed by atoms with van der Waals surface area (Å²) in [7, 11) is 0. The largest absolute Gasteiger partial charge is 0.326 e. The summed E-state index contributed by atoms with van der Waals surface area (Å²) in [5.74, 6) is 0. The molecule has 1 saturated heterocycles. The van der Waals surface area contributed by atoms with Gasteiger partial charge in [0, 0.05) is 12.1 Å². The molecule has 0 saturated carbocycles.